The summed E-state index contributed by atoms with van der Waals surface area (Å²) >= 11 is 1.86. The molecule has 0 unspecified atom stereocenters. The second-order valence-corrected chi connectivity index (χ2v) is 11.4. The minimum absolute atomic E-state index is 0.429. The zero-order chi connectivity index (χ0) is 23.9. The molecule has 3 heteroatoms. The zero-order valence-corrected chi connectivity index (χ0v) is 22.2. The van der Waals surface area contributed by atoms with Crippen molar-refractivity contribution in [2.75, 3.05) is 13.2 Å². The summed E-state index contributed by atoms with van der Waals surface area (Å²) < 4.78 is 12.7. The third-order valence-corrected chi connectivity index (χ3v) is 7.79. The molecule has 1 aromatic heterocycles. The van der Waals surface area contributed by atoms with Crippen LogP contribution in [0.15, 0.2) is 36.4 Å². The lowest BCUT2D eigenvalue weighted by Gasteiger charge is -2.22. The molecule has 0 fully saturated rings. The molecule has 33 heavy (non-hydrogen) atoms. The summed E-state index contributed by atoms with van der Waals surface area (Å²) in [7, 11) is 0. The van der Waals surface area contributed by atoms with Gasteiger partial charge in [-0.1, -0.05) is 91.8 Å². The van der Waals surface area contributed by atoms with E-state index in [2.05, 4.69) is 91.8 Å². The minimum atomic E-state index is 0.429. The fourth-order valence-corrected chi connectivity index (χ4v) is 6.27. The first kappa shape index (κ1) is 23.9. The Hall–Kier alpha value is -2.26. The fourth-order valence-electron chi connectivity index (χ4n) is 4.91. The Morgan fingerprint density at radius 2 is 0.848 bits per heavy atom. The molecule has 0 saturated carbocycles. The SMILES string of the molecule is CC(C)c1cccc(C(C)C)c1-c1sc(-c2c(C(C)C)cccc2C(C)C)c2c1OCCO2. The Kier molecular flexibility index (Phi) is 6.91. The van der Waals surface area contributed by atoms with Crippen LogP contribution in [0.3, 0.4) is 0 Å². The number of hydrogen-bond donors (Lipinski definition) is 0. The molecular formula is C30H38O2S. The molecule has 2 heterocycles. The van der Waals surface area contributed by atoms with Gasteiger partial charge in [0, 0.05) is 11.1 Å². The quantitative estimate of drug-likeness (QED) is 0.363. The predicted octanol–water partition coefficient (Wildman–Crippen LogP) is 9.35. The minimum Gasteiger partial charge on any atom is -0.485 e. The van der Waals surface area contributed by atoms with Crippen molar-refractivity contribution in [3.63, 3.8) is 0 Å². The molecule has 0 saturated heterocycles. The average Bonchev–Trinajstić information content (AvgIpc) is 3.16. The highest BCUT2D eigenvalue weighted by Gasteiger charge is 2.31. The summed E-state index contributed by atoms with van der Waals surface area (Å²) in [5.41, 5.74) is 8.21. The predicted molar refractivity (Wildman–Crippen MR) is 143 cm³/mol. The Labute approximate surface area is 204 Å². The van der Waals surface area contributed by atoms with Gasteiger partial charge < -0.3 is 9.47 Å². The average molecular weight is 463 g/mol. The van der Waals surface area contributed by atoms with Crippen LogP contribution in [0.4, 0.5) is 0 Å². The lowest BCUT2D eigenvalue weighted by atomic mass is 9.87. The summed E-state index contributed by atoms with van der Waals surface area (Å²) in [5.74, 6) is 3.59. The van der Waals surface area contributed by atoms with E-state index in [1.54, 1.807) is 0 Å². The first-order valence-electron chi connectivity index (χ1n) is 12.4. The molecule has 0 bridgehead atoms. The first-order chi connectivity index (χ1) is 15.7. The van der Waals surface area contributed by atoms with E-state index in [4.69, 9.17) is 9.47 Å². The standard InChI is InChI=1S/C30H38O2S/c1-17(2)21-11-9-12-22(18(3)4)25(21)29-27-28(32-16-15-31-27)30(33-29)26-23(19(5)6)13-10-14-24(26)20(7)8/h9-14,17-20H,15-16H2,1-8H3. The van der Waals surface area contributed by atoms with E-state index in [0.29, 0.717) is 36.9 Å². The summed E-state index contributed by atoms with van der Waals surface area (Å²) in [5, 5.41) is 0. The Balaban J connectivity index is 2.08. The number of fused-ring (bicyclic) bond motifs is 1. The van der Waals surface area contributed by atoms with Gasteiger partial charge in [0.2, 0.25) is 0 Å². The Morgan fingerprint density at radius 3 is 1.12 bits per heavy atom. The second kappa shape index (κ2) is 9.54. The van der Waals surface area contributed by atoms with E-state index in [-0.39, 0.29) is 0 Å². The van der Waals surface area contributed by atoms with Gasteiger partial charge in [-0.25, -0.2) is 0 Å². The van der Waals surface area contributed by atoms with Crippen molar-refractivity contribution in [1.29, 1.82) is 0 Å². The van der Waals surface area contributed by atoms with Gasteiger partial charge >= 0.3 is 0 Å². The maximum absolute atomic E-state index is 6.37. The van der Waals surface area contributed by atoms with Gasteiger partial charge in [0.05, 0.1) is 9.75 Å². The summed E-state index contributed by atoms with van der Waals surface area (Å²) in [4.78, 5) is 2.45. The van der Waals surface area contributed by atoms with Crippen molar-refractivity contribution in [2.24, 2.45) is 0 Å². The molecule has 0 spiro atoms. The monoisotopic (exact) mass is 462 g/mol. The van der Waals surface area contributed by atoms with Crippen LogP contribution in [-0.4, -0.2) is 13.2 Å². The zero-order valence-electron chi connectivity index (χ0n) is 21.4. The van der Waals surface area contributed by atoms with E-state index in [1.807, 2.05) is 11.3 Å². The van der Waals surface area contributed by atoms with Crippen LogP contribution in [0.25, 0.3) is 20.9 Å². The molecule has 2 aromatic carbocycles. The lowest BCUT2D eigenvalue weighted by Crippen LogP contribution is -2.15. The summed E-state index contributed by atoms with van der Waals surface area (Å²) in [6, 6.07) is 13.5. The number of thiophene rings is 1. The van der Waals surface area contributed by atoms with Crippen LogP contribution < -0.4 is 9.47 Å². The van der Waals surface area contributed by atoms with Gasteiger partial charge in [-0.05, 0) is 45.9 Å². The van der Waals surface area contributed by atoms with E-state index < -0.39 is 0 Å². The van der Waals surface area contributed by atoms with Crippen molar-refractivity contribution in [1.82, 2.24) is 0 Å². The van der Waals surface area contributed by atoms with E-state index in [0.717, 1.165) is 11.5 Å². The van der Waals surface area contributed by atoms with Crippen molar-refractivity contribution in [3.8, 4) is 32.4 Å². The van der Waals surface area contributed by atoms with Crippen molar-refractivity contribution < 1.29 is 9.47 Å². The molecule has 2 nitrogen and oxygen atoms in total. The van der Waals surface area contributed by atoms with Crippen molar-refractivity contribution in [2.45, 2.75) is 79.1 Å². The molecule has 1 aliphatic rings. The molecule has 1 aliphatic heterocycles. The lowest BCUT2D eigenvalue weighted by molar-refractivity contribution is 0.175. The van der Waals surface area contributed by atoms with E-state index >= 15 is 0 Å². The third kappa shape index (κ3) is 4.33. The molecule has 0 radical (unpaired) electrons. The van der Waals surface area contributed by atoms with E-state index in [1.165, 1.54) is 43.1 Å². The molecule has 0 amide bonds. The molecular weight excluding hydrogens is 424 g/mol. The fraction of sp³-hybridized carbons (Fsp3) is 0.467. The second-order valence-electron chi connectivity index (χ2n) is 10.4. The smallest absolute Gasteiger partial charge is 0.180 e. The summed E-state index contributed by atoms with van der Waals surface area (Å²) in [6.07, 6.45) is 0. The third-order valence-electron chi connectivity index (χ3n) is 6.60. The molecule has 3 aromatic rings. The number of benzene rings is 2. The highest BCUT2D eigenvalue weighted by molar-refractivity contribution is 7.19. The number of rotatable bonds is 6. The summed E-state index contributed by atoms with van der Waals surface area (Å²) in [6.45, 7) is 19.5. The maximum atomic E-state index is 6.37. The van der Waals surface area contributed by atoms with E-state index in [9.17, 15) is 0 Å². The van der Waals surface area contributed by atoms with Crippen LogP contribution in [0.5, 0.6) is 11.5 Å². The van der Waals surface area contributed by atoms with Gasteiger partial charge in [-0.15, -0.1) is 11.3 Å². The molecule has 0 aliphatic carbocycles. The van der Waals surface area contributed by atoms with Crippen molar-refractivity contribution in [3.05, 3.63) is 58.7 Å². The van der Waals surface area contributed by atoms with Crippen LogP contribution in [0, 0.1) is 0 Å². The van der Waals surface area contributed by atoms with Crippen LogP contribution in [0.1, 0.15) is 101 Å². The topological polar surface area (TPSA) is 18.5 Å². The van der Waals surface area contributed by atoms with Crippen LogP contribution >= 0.6 is 11.3 Å². The largest absolute Gasteiger partial charge is 0.485 e. The van der Waals surface area contributed by atoms with Gasteiger partial charge in [0.1, 0.15) is 13.2 Å². The molecule has 0 atom stereocenters. The molecule has 0 N–H and O–H groups in total. The maximum Gasteiger partial charge on any atom is 0.180 e. The first-order valence-corrected chi connectivity index (χ1v) is 13.2. The normalized spacial score (nSPS) is 13.6. The van der Waals surface area contributed by atoms with Gasteiger partial charge in [-0.3, -0.25) is 0 Å². The number of hydrogen-bond acceptors (Lipinski definition) is 3. The number of ether oxygens (including phenoxy) is 2. The Morgan fingerprint density at radius 1 is 0.545 bits per heavy atom. The highest BCUT2D eigenvalue weighted by Crippen LogP contribution is 2.57. The van der Waals surface area contributed by atoms with Gasteiger partial charge in [-0.2, -0.15) is 0 Å². The highest BCUT2D eigenvalue weighted by atomic mass is 32.1. The van der Waals surface area contributed by atoms with Gasteiger partial charge in [0.15, 0.2) is 11.5 Å². The molecule has 4 rings (SSSR count). The van der Waals surface area contributed by atoms with Crippen LogP contribution in [-0.2, 0) is 0 Å². The van der Waals surface area contributed by atoms with Crippen molar-refractivity contribution >= 4 is 11.3 Å². The van der Waals surface area contributed by atoms with Gasteiger partial charge in [0.25, 0.3) is 0 Å². The Bertz CT molecular complexity index is 994. The van der Waals surface area contributed by atoms with Crippen LogP contribution in [0.2, 0.25) is 0 Å². The molecule has 176 valence electrons.